The van der Waals surface area contributed by atoms with Crippen LogP contribution in [0.3, 0.4) is 0 Å². The van der Waals surface area contributed by atoms with Crippen LogP contribution in [0, 0.1) is 0 Å². The summed E-state index contributed by atoms with van der Waals surface area (Å²) in [5, 5.41) is 10.6. The monoisotopic (exact) mass is 454 g/mol. The maximum atomic E-state index is 5.48. The molecular formula is C28H62N4. The summed E-state index contributed by atoms with van der Waals surface area (Å²) in [6, 6.07) is 0. The van der Waals surface area contributed by atoms with Gasteiger partial charge in [-0.25, -0.2) is 0 Å². The normalized spacial score (nSPS) is 11.4. The van der Waals surface area contributed by atoms with Crippen molar-refractivity contribution in [2.75, 3.05) is 45.8 Å². The van der Waals surface area contributed by atoms with E-state index in [1.807, 2.05) is 0 Å². The van der Waals surface area contributed by atoms with Gasteiger partial charge < -0.3 is 21.7 Å². The zero-order valence-corrected chi connectivity index (χ0v) is 22.2. The summed E-state index contributed by atoms with van der Waals surface area (Å²) in [7, 11) is 0. The van der Waals surface area contributed by atoms with E-state index in [9.17, 15) is 0 Å². The smallest absolute Gasteiger partial charge is 0.00368 e. The molecule has 0 saturated carbocycles. The lowest BCUT2D eigenvalue weighted by molar-refractivity contribution is 0.521. The van der Waals surface area contributed by atoms with Gasteiger partial charge in [0.2, 0.25) is 0 Å². The topological polar surface area (TPSA) is 62.1 Å². The number of hydrogen-bond acceptors (Lipinski definition) is 4. The molecule has 0 aliphatic rings. The van der Waals surface area contributed by atoms with Gasteiger partial charge in [0.1, 0.15) is 0 Å². The van der Waals surface area contributed by atoms with Gasteiger partial charge in [0.25, 0.3) is 0 Å². The summed E-state index contributed by atoms with van der Waals surface area (Å²) in [5.41, 5.74) is 5.48. The van der Waals surface area contributed by atoms with Gasteiger partial charge in [-0.2, -0.15) is 0 Å². The van der Waals surface area contributed by atoms with Crippen LogP contribution in [0.25, 0.3) is 0 Å². The van der Waals surface area contributed by atoms with Crippen LogP contribution in [-0.2, 0) is 0 Å². The third-order valence-electron chi connectivity index (χ3n) is 6.43. The molecule has 0 bridgehead atoms. The molecule has 0 spiro atoms. The number of nitrogens with one attached hydrogen (secondary N) is 3. The third-order valence-corrected chi connectivity index (χ3v) is 6.43. The summed E-state index contributed by atoms with van der Waals surface area (Å²) in [5.74, 6) is 0. The first kappa shape index (κ1) is 31.8. The Morgan fingerprint density at radius 2 is 0.625 bits per heavy atom. The lowest BCUT2D eigenvalue weighted by Gasteiger charge is -2.07. The molecule has 0 rings (SSSR count). The zero-order valence-electron chi connectivity index (χ0n) is 22.2. The standard InChI is InChI=1S/C28H62N4/c1-2-3-4-5-6-7-8-9-10-11-12-13-14-15-16-17-23-31-27-21-28-32-25-19-18-24-30-26-20-22-29/h30-32H,2-29H2,1H3. The van der Waals surface area contributed by atoms with Crippen LogP contribution in [0.5, 0.6) is 0 Å². The van der Waals surface area contributed by atoms with E-state index in [4.69, 9.17) is 5.73 Å². The van der Waals surface area contributed by atoms with Gasteiger partial charge >= 0.3 is 0 Å². The summed E-state index contributed by atoms with van der Waals surface area (Å²) < 4.78 is 0. The number of nitrogens with two attached hydrogens (primary N) is 1. The Morgan fingerprint density at radius 3 is 1.00 bits per heavy atom. The quantitative estimate of drug-likeness (QED) is 0.0969. The molecule has 4 heteroatoms. The van der Waals surface area contributed by atoms with Gasteiger partial charge in [0, 0.05) is 0 Å². The summed E-state index contributed by atoms with van der Waals surface area (Å²) >= 11 is 0. The van der Waals surface area contributed by atoms with E-state index in [1.165, 1.54) is 129 Å². The van der Waals surface area contributed by atoms with Gasteiger partial charge in [0.15, 0.2) is 0 Å². The predicted molar refractivity (Wildman–Crippen MR) is 146 cm³/mol. The molecule has 5 N–H and O–H groups in total. The van der Waals surface area contributed by atoms with E-state index in [0.717, 1.165) is 45.7 Å². The van der Waals surface area contributed by atoms with E-state index in [1.54, 1.807) is 0 Å². The van der Waals surface area contributed by atoms with Crippen molar-refractivity contribution in [1.82, 2.24) is 16.0 Å². The van der Waals surface area contributed by atoms with Crippen molar-refractivity contribution in [3.05, 3.63) is 0 Å². The van der Waals surface area contributed by atoms with Gasteiger partial charge in [-0.3, -0.25) is 0 Å². The maximum absolute atomic E-state index is 5.48. The molecule has 0 saturated heterocycles. The number of rotatable bonds is 29. The Bertz CT molecular complexity index is 282. The van der Waals surface area contributed by atoms with Crippen molar-refractivity contribution < 1.29 is 0 Å². The highest BCUT2D eigenvalue weighted by Crippen LogP contribution is 2.13. The van der Waals surface area contributed by atoms with E-state index >= 15 is 0 Å². The summed E-state index contributed by atoms with van der Waals surface area (Å²) in [6.07, 6.45) is 28.0. The van der Waals surface area contributed by atoms with Crippen LogP contribution in [0.4, 0.5) is 0 Å². The van der Waals surface area contributed by atoms with E-state index in [2.05, 4.69) is 22.9 Å². The average Bonchev–Trinajstić information content (AvgIpc) is 2.81. The zero-order chi connectivity index (χ0) is 23.2. The van der Waals surface area contributed by atoms with Crippen molar-refractivity contribution >= 4 is 0 Å². The summed E-state index contributed by atoms with van der Waals surface area (Å²) in [6.45, 7) is 9.94. The third kappa shape index (κ3) is 29.8. The van der Waals surface area contributed by atoms with Crippen molar-refractivity contribution in [2.24, 2.45) is 5.73 Å². The summed E-state index contributed by atoms with van der Waals surface area (Å²) in [4.78, 5) is 0. The van der Waals surface area contributed by atoms with Crippen molar-refractivity contribution in [2.45, 2.75) is 135 Å². The second-order valence-electron chi connectivity index (χ2n) is 9.76. The van der Waals surface area contributed by atoms with Gasteiger partial charge in [-0.1, -0.05) is 103 Å². The minimum Gasteiger partial charge on any atom is -0.330 e. The van der Waals surface area contributed by atoms with Crippen LogP contribution in [-0.4, -0.2) is 45.8 Å². The van der Waals surface area contributed by atoms with Gasteiger partial charge in [-0.15, -0.1) is 0 Å². The van der Waals surface area contributed by atoms with Crippen molar-refractivity contribution in [1.29, 1.82) is 0 Å². The molecule has 0 heterocycles. The van der Waals surface area contributed by atoms with Crippen LogP contribution >= 0.6 is 0 Å². The maximum Gasteiger partial charge on any atom is -0.00368 e. The molecule has 0 atom stereocenters. The van der Waals surface area contributed by atoms with Crippen LogP contribution < -0.4 is 21.7 Å². The highest BCUT2D eigenvalue weighted by atomic mass is 14.9. The molecule has 0 radical (unpaired) electrons. The fourth-order valence-electron chi connectivity index (χ4n) is 4.24. The first-order valence-corrected chi connectivity index (χ1v) is 14.7. The van der Waals surface area contributed by atoms with Crippen LogP contribution in [0.2, 0.25) is 0 Å². The molecule has 0 aliphatic heterocycles. The predicted octanol–water partition coefficient (Wildman–Crippen LogP) is 6.54. The molecule has 0 aromatic heterocycles. The average molecular weight is 455 g/mol. The lowest BCUT2D eigenvalue weighted by Crippen LogP contribution is -2.24. The van der Waals surface area contributed by atoms with Gasteiger partial charge in [-0.05, 0) is 77.9 Å². The van der Waals surface area contributed by atoms with E-state index < -0.39 is 0 Å². The van der Waals surface area contributed by atoms with Crippen molar-refractivity contribution in [3.63, 3.8) is 0 Å². The molecule has 0 aromatic rings. The fraction of sp³-hybridized carbons (Fsp3) is 1.00. The molecule has 32 heavy (non-hydrogen) atoms. The molecule has 0 amide bonds. The van der Waals surface area contributed by atoms with Crippen LogP contribution in [0.1, 0.15) is 135 Å². The van der Waals surface area contributed by atoms with Gasteiger partial charge in [0.05, 0.1) is 0 Å². The molecule has 0 aliphatic carbocycles. The Morgan fingerprint density at radius 1 is 0.344 bits per heavy atom. The van der Waals surface area contributed by atoms with E-state index in [0.29, 0.717) is 0 Å². The Balaban J connectivity index is 2.98. The fourth-order valence-corrected chi connectivity index (χ4v) is 4.24. The molecule has 0 fully saturated rings. The first-order chi connectivity index (χ1) is 15.9. The Hall–Kier alpha value is -0.160. The number of hydrogen-bond donors (Lipinski definition) is 4. The molecular weight excluding hydrogens is 392 g/mol. The van der Waals surface area contributed by atoms with E-state index in [-0.39, 0.29) is 0 Å². The Labute approximate surface area is 203 Å². The minimum atomic E-state index is 0.794. The highest BCUT2D eigenvalue weighted by Gasteiger charge is 1.95. The first-order valence-electron chi connectivity index (χ1n) is 14.7. The molecule has 4 nitrogen and oxygen atoms in total. The minimum absolute atomic E-state index is 0.794. The second-order valence-corrected chi connectivity index (χ2v) is 9.76. The van der Waals surface area contributed by atoms with Crippen molar-refractivity contribution in [3.8, 4) is 0 Å². The molecule has 194 valence electrons. The van der Waals surface area contributed by atoms with Crippen LogP contribution in [0.15, 0.2) is 0 Å². The SMILES string of the molecule is CCCCCCCCCCCCCCCCCCNCCCNCCCCNCCCN. The molecule has 0 aromatic carbocycles. The largest absolute Gasteiger partial charge is 0.330 e. The molecule has 0 unspecified atom stereocenters. The Kier molecular flexibility index (Phi) is 30.7. The highest BCUT2D eigenvalue weighted by molar-refractivity contribution is 4.55. The number of unbranched alkanes of at least 4 members (excludes halogenated alkanes) is 16. The second kappa shape index (κ2) is 30.8. The lowest BCUT2D eigenvalue weighted by atomic mass is 10.0.